The third-order valence-electron chi connectivity index (χ3n) is 1.95. The summed E-state index contributed by atoms with van der Waals surface area (Å²) in [6.07, 6.45) is -2.03. The van der Waals surface area contributed by atoms with E-state index in [1.165, 1.54) is 0 Å². The molecule has 1 aromatic rings. The highest BCUT2D eigenvalue weighted by molar-refractivity contribution is 6.18. The number of pyridine rings is 1. The van der Waals surface area contributed by atoms with Gasteiger partial charge in [-0.3, -0.25) is 4.98 Å². The first-order valence-electron chi connectivity index (χ1n) is 4.28. The molecule has 1 aromatic heterocycles. The van der Waals surface area contributed by atoms with Crippen LogP contribution in [0, 0.1) is 5.82 Å². The molecule has 0 aliphatic heterocycles. The first kappa shape index (κ1) is 12.8. The third kappa shape index (κ3) is 2.46. The Morgan fingerprint density at radius 1 is 1.56 bits per heavy atom. The summed E-state index contributed by atoms with van der Waals surface area (Å²) >= 11 is 5.27. The fraction of sp³-hybridized carbons (Fsp3) is 0.333. The predicted octanol–water partition coefficient (Wildman–Crippen LogP) is 0.552. The van der Waals surface area contributed by atoms with Crippen LogP contribution in [0.4, 0.5) is 4.39 Å². The summed E-state index contributed by atoms with van der Waals surface area (Å²) in [5.74, 6) is -2.97. The largest absolute Gasteiger partial charge is 0.478 e. The number of hydrogen-bond donors (Lipinski definition) is 3. The maximum atomic E-state index is 13.5. The molecule has 0 bridgehead atoms. The molecule has 3 N–H and O–H groups in total. The highest BCUT2D eigenvalue weighted by Gasteiger charge is 2.25. The van der Waals surface area contributed by atoms with E-state index in [9.17, 15) is 19.4 Å². The molecule has 0 aliphatic rings. The first-order valence-corrected chi connectivity index (χ1v) is 4.82. The normalized spacial score (nSPS) is 14.5. The predicted molar refractivity (Wildman–Crippen MR) is 52.8 cm³/mol. The molecule has 0 radical (unpaired) electrons. The van der Waals surface area contributed by atoms with Crippen LogP contribution >= 0.6 is 11.6 Å². The molecule has 0 spiro atoms. The molecular weight excluding hydrogens is 241 g/mol. The Morgan fingerprint density at radius 2 is 2.19 bits per heavy atom. The molecule has 1 rings (SSSR count). The van der Waals surface area contributed by atoms with Crippen molar-refractivity contribution in [2.24, 2.45) is 0 Å². The van der Waals surface area contributed by atoms with Gasteiger partial charge in [0, 0.05) is 6.20 Å². The number of aliphatic hydroxyl groups excluding tert-OH is 2. The number of carboxylic acids is 1. The maximum absolute atomic E-state index is 13.5. The van der Waals surface area contributed by atoms with Gasteiger partial charge in [0.25, 0.3) is 0 Å². The van der Waals surface area contributed by atoms with Crippen molar-refractivity contribution in [1.29, 1.82) is 0 Å². The second-order valence-corrected chi connectivity index (χ2v) is 3.34. The quantitative estimate of drug-likeness (QED) is 0.678. The molecule has 0 saturated heterocycles. The van der Waals surface area contributed by atoms with E-state index < -0.39 is 35.3 Å². The molecule has 16 heavy (non-hydrogen) atoms. The summed E-state index contributed by atoms with van der Waals surface area (Å²) in [5.41, 5.74) is -1.15. The first-order chi connectivity index (χ1) is 7.49. The summed E-state index contributed by atoms with van der Waals surface area (Å²) < 4.78 is 13.5. The van der Waals surface area contributed by atoms with Crippen LogP contribution in [0.1, 0.15) is 22.2 Å². The lowest BCUT2D eigenvalue weighted by Gasteiger charge is -2.15. The number of carbonyl (C=O) groups is 1. The number of nitrogens with zero attached hydrogens (tertiary/aromatic N) is 1. The van der Waals surface area contributed by atoms with Crippen molar-refractivity contribution < 1.29 is 24.5 Å². The zero-order valence-electron chi connectivity index (χ0n) is 7.97. The molecule has 88 valence electrons. The molecule has 0 aromatic carbocycles. The van der Waals surface area contributed by atoms with Crippen LogP contribution in [-0.2, 0) is 0 Å². The minimum Gasteiger partial charge on any atom is -0.478 e. The Morgan fingerprint density at radius 3 is 2.69 bits per heavy atom. The minimum atomic E-state index is -1.66. The van der Waals surface area contributed by atoms with Crippen LogP contribution in [0.3, 0.4) is 0 Å². The van der Waals surface area contributed by atoms with Gasteiger partial charge < -0.3 is 15.3 Å². The average molecular weight is 250 g/mol. The summed E-state index contributed by atoms with van der Waals surface area (Å²) in [4.78, 5) is 14.1. The molecule has 0 saturated carbocycles. The van der Waals surface area contributed by atoms with Gasteiger partial charge in [-0.05, 0) is 6.07 Å². The van der Waals surface area contributed by atoms with Crippen molar-refractivity contribution in [2.45, 2.75) is 12.2 Å². The Hall–Kier alpha value is -1.24. The number of aliphatic hydroxyl groups is 2. The van der Waals surface area contributed by atoms with Gasteiger partial charge in [0.05, 0.1) is 17.5 Å². The summed E-state index contributed by atoms with van der Waals surface area (Å²) in [7, 11) is 0. The van der Waals surface area contributed by atoms with E-state index in [0.717, 1.165) is 12.3 Å². The Kier molecular flexibility index (Phi) is 4.17. The Labute approximate surface area is 95.1 Å². The molecule has 0 fully saturated rings. The number of halogens is 2. The maximum Gasteiger partial charge on any atom is 0.338 e. The lowest BCUT2D eigenvalue weighted by atomic mass is 10.1. The lowest BCUT2D eigenvalue weighted by molar-refractivity contribution is 0.0272. The average Bonchev–Trinajstić information content (AvgIpc) is 2.27. The SMILES string of the molecule is O=C(O)c1ccnc(C(O)C(O)CCl)c1F. The van der Waals surface area contributed by atoms with Crippen LogP contribution in [0.25, 0.3) is 0 Å². The van der Waals surface area contributed by atoms with Crippen LogP contribution in [0.2, 0.25) is 0 Å². The van der Waals surface area contributed by atoms with Crippen LogP contribution < -0.4 is 0 Å². The van der Waals surface area contributed by atoms with Gasteiger partial charge in [-0.15, -0.1) is 11.6 Å². The van der Waals surface area contributed by atoms with Crippen LogP contribution in [-0.4, -0.2) is 38.3 Å². The van der Waals surface area contributed by atoms with E-state index in [4.69, 9.17) is 16.7 Å². The summed E-state index contributed by atoms with van der Waals surface area (Å²) in [6.45, 7) is 0. The smallest absolute Gasteiger partial charge is 0.338 e. The lowest BCUT2D eigenvalue weighted by Crippen LogP contribution is -2.22. The van der Waals surface area contributed by atoms with Crippen LogP contribution in [0.15, 0.2) is 12.3 Å². The van der Waals surface area contributed by atoms with Crippen LogP contribution in [0.5, 0.6) is 0 Å². The topological polar surface area (TPSA) is 90.7 Å². The van der Waals surface area contributed by atoms with Gasteiger partial charge in [-0.2, -0.15) is 0 Å². The third-order valence-corrected chi connectivity index (χ3v) is 2.27. The second-order valence-electron chi connectivity index (χ2n) is 3.03. The van der Waals surface area contributed by atoms with Crippen molar-refractivity contribution >= 4 is 17.6 Å². The van der Waals surface area contributed by atoms with Crippen molar-refractivity contribution in [3.8, 4) is 0 Å². The van der Waals surface area contributed by atoms with Gasteiger partial charge >= 0.3 is 5.97 Å². The Balaban J connectivity index is 3.15. The van der Waals surface area contributed by atoms with E-state index in [1.54, 1.807) is 0 Å². The fourth-order valence-corrected chi connectivity index (χ4v) is 1.27. The number of carboxylic acid groups (broad SMARTS) is 1. The van der Waals surface area contributed by atoms with E-state index in [-0.39, 0.29) is 5.88 Å². The molecule has 0 amide bonds. The summed E-state index contributed by atoms with van der Waals surface area (Å²) in [5, 5.41) is 27.3. The number of hydrogen-bond acceptors (Lipinski definition) is 4. The second kappa shape index (κ2) is 5.20. The molecule has 2 atom stereocenters. The van der Waals surface area contributed by atoms with Crippen molar-refractivity contribution in [1.82, 2.24) is 4.98 Å². The van der Waals surface area contributed by atoms with E-state index in [0.29, 0.717) is 0 Å². The van der Waals surface area contributed by atoms with Gasteiger partial charge in [0.1, 0.15) is 11.8 Å². The van der Waals surface area contributed by atoms with Crippen molar-refractivity contribution in [3.05, 3.63) is 29.3 Å². The van der Waals surface area contributed by atoms with E-state index >= 15 is 0 Å². The molecule has 0 aliphatic carbocycles. The fourth-order valence-electron chi connectivity index (χ4n) is 1.10. The summed E-state index contributed by atoms with van der Waals surface area (Å²) in [6, 6.07) is 0.959. The standard InChI is InChI=1S/C9H9ClFNO4/c10-3-5(13)8(14)7-6(11)4(9(15)16)1-2-12-7/h1-2,5,8,13-14H,3H2,(H,15,16). The van der Waals surface area contributed by atoms with E-state index in [1.807, 2.05) is 0 Å². The highest BCUT2D eigenvalue weighted by Crippen LogP contribution is 2.21. The minimum absolute atomic E-state index is 0.320. The van der Waals surface area contributed by atoms with E-state index in [2.05, 4.69) is 4.98 Å². The van der Waals surface area contributed by atoms with Crippen molar-refractivity contribution in [2.75, 3.05) is 5.88 Å². The van der Waals surface area contributed by atoms with Gasteiger partial charge in [-0.25, -0.2) is 9.18 Å². The molecule has 2 unspecified atom stereocenters. The zero-order valence-corrected chi connectivity index (χ0v) is 8.73. The zero-order chi connectivity index (χ0) is 12.3. The molecule has 7 heteroatoms. The Bertz CT molecular complexity index is 401. The number of aromatic nitrogens is 1. The monoisotopic (exact) mass is 249 g/mol. The molecule has 1 heterocycles. The molecular formula is C9H9ClFNO4. The van der Waals surface area contributed by atoms with Crippen molar-refractivity contribution in [3.63, 3.8) is 0 Å². The number of rotatable bonds is 4. The highest BCUT2D eigenvalue weighted by atomic mass is 35.5. The number of aromatic carboxylic acids is 1. The van der Waals surface area contributed by atoms with Gasteiger partial charge in [0.2, 0.25) is 0 Å². The molecule has 5 nitrogen and oxygen atoms in total. The van der Waals surface area contributed by atoms with Gasteiger partial charge in [-0.1, -0.05) is 0 Å². The number of alkyl halides is 1. The van der Waals surface area contributed by atoms with Gasteiger partial charge in [0.15, 0.2) is 5.82 Å².